The molecule has 0 aliphatic rings. The number of ether oxygens (including phenoxy) is 1. The van der Waals surface area contributed by atoms with E-state index in [-0.39, 0.29) is 12.5 Å². The summed E-state index contributed by atoms with van der Waals surface area (Å²) in [6, 6.07) is 12.7. The van der Waals surface area contributed by atoms with E-state index in [2.05, 4.69) is 11.2 Å². The number of carbonyl (C=O) groups is 1. The maximum absolute atomic E-state index is 12.2. The highest BCUT2D eigenvalue weighted by atomic mass is 16.5. The zero-order valence-corrected chi connectivity index (χ0v) is 12.1. The van der Waals surface area contributed by atoms with Crippen LogP contribution in [0.1, 0.15) is 21.5 Å². The van der Waals surface area contributed by atoms with E-state index in [9.17, 15) is 4.79 Å². The Morgan fingerprint density at radius 1 is 1.19 bits per heavy atom. The molecule has 3 nitrogen and oxygen atoms in total. The summed E-state index contributed by atoms with van der Waals surface area (Å²) in [5, 5.41) is 2.92. The van der Waals surface area contributed by atoms with Gasteiger partial charge in [-0.2, -0.15) is 0 Å². The average molecular weight is 279 g/mol. The summed E-state index contributed by atoms with van der Waals surface area (Å²) in [4.78, 5) is 12.2. The van der Waals surface area contributed by atoms with Crippen molar-refractivity contribution in [3.05, 3.63) is 59.2 Å². The first-order valence-electron chi connectivity index (χ1n) is 6.65. The third-order valence-corrected chi connectivity index (χ3v) is 3.29. The number of terminal acetylenes is 1. The van der Waals surface area contributed by atoms with E-state index in [0.717, 1.165) is 16.8 Å². The van der Waals surface area contributed by atoms with Gasteiger partial charge in [-0.05, 0) is 55.3 Å². The predicted octanol–water partition coefficient (Wildman–Crippen LogP) is 3.57. The van der Waals surface area contributed by atoms with E-state index in [0.29, 0.717) is 11.3 Å². The Morgan fingerprint density at radius 2 is 1.90 bits per heavy atom. The molecule has 1 N–H and O–H groups in total. The third-order valence-electron chi connectivity index (χ3n) is 3.29. The maximum atomic E-state index is 12.2. The van der Waals surface area contributed by atoms with Gasteiger partial charge in [0.15, 0.2) is 0 Å². The zero-order chi connectivity index (χ0) is 15.2. The molecule has 0 saturated heterocycles. The summed E-state index contributed by atoms with van der Waals surface area (Å²) in [5.74, 6) is 2.90. The van der Waals surface area contributed by atoms with Crippen LogP contribution in [0, 0.1) is 26.2 Å². The van der Waals surface area contributed by atoms with E-state index < -0.39 is 0 Å². The van der Waals surface area contributed by atoms with Gasteiger partial charge in [0, 0.05) is 11.3 Å². The van der Waals surface area contributed by atoms with Gasteiger partial charge in [-0.1, -0.05) is 18.1 Å². The van der Waals surface area contributed by atoms with Gasteiger partial charge in [0.2, 0.25) is 0 Å². The van der Waals surface area contributed by atoms with Crippen LogP contribution in [0.3, 0.4) is 0 Å². The lowest BCUT2D eigenvalue weighted by molar-refractivity contribution is 0.102. The van der Waals surface area contributed by atoms with Crippen LogP contribution >= 0.6 is 0 Å². The van der Waals surface area contributed by atoms with Crippen LogP contribution < -0.4 is 10.1 Å². The average Bonchev–Trinajstić information content (AvgIpc) is 2.50. The van der Waals surface area contributed by atoms with Crippen molar-refractivity contribution in [1.82, 2.24) is 0 Å². The van der Waals surface area contributed by atoms with E-state index in [4.69, 9.17) is 11.2 Å². The molecule has 21 heavy (non-hydrogen) atoms. The zero-order valence-electron chi connectivity index (χ0n) is 12.1. The molecule has 0 aliphatic carbocycles. The summed E-state index contributed by atoms with van der Waals surface area (Å²) in [7, 11) is 0. The van der Waals surface area contributed by atoms with Gasteiger partial charge < -0.3 is 10.1 Å². The molecule has 3 heteroatoms. The van der Waals surface area contributed by atoms with Crippen molar-refractivity contribution in [3.63, 3.8) is 0 Å². The lowest BCUT2D eigenvalue weighted by atomic mass is 10.1. The molecule has 0 fully saturated rings. The van der Waals surface area contributed by atoms with Crippen molar-refractivity contribution in [2.24, 2.45) is 0 Å². The molecule has 0 radical (unpaired) electrons. The van der Waals surface area contributed by atoms with Crippen LogP contribution in [0.2, 0.25) is 0 Å². The van der Waals surface area contributed by atoms with Crippen molar-refractivity contribution in [1.29, 1.82) is 0 Å². The van der Waals surface area contributed by atoms with Gasteiger partial charge in [0.1, 0.15) is 12.4 Å². The van der Waals surface area contributed by atoms with Crippen LogP contribution in [0.25, 0.3) is 0 Å². The Morgan fingerprint density at radius 3 is 2.57 bits per heavy atom. The van der Waals surface area contributed by atoms with Crippen molar-refractivity contribution >= 4 is 11.6 Å². The standard InChI is InChI=1S/C18H17NO2/c1-4-12-21-16-10-8-15(9-11-16)18(20)19-17-7-5-6-13(2)14(17)3/h1,5-11H,12H2,2-3H3,(H,19,20). The topological polar surface area (TPSA) is 38.3 Å². The fourth-order valence-electron chi connectivity index (χ4n) is 1.91. The number of hydrogen-bond donors (Lipinski definition) is 1. The molecular weight excluding hydrogens is 262 g/mol. The number of anilines is 1. The minimum Gasteiger partial charge on any atom is -0.481 e. The minimum absolute atomic E-state index is 0.146. The van der Waals surface area contributed by atoms with Gasteiger partial charge >= 0.3 is 0 Å². The second kappa shape index (κ2) is 6.62. The highest BCUT2D eigenvalue weighted by molar-refractivity contribution is 6.04. The predicted molar refractivity (Wildman–Crippen MR) is 84.6 cm³/mol. The first-order chi connectivity index (χ1) is 10.1. The fourth-order valence-corrected chi connectivity index (χ4v) is 1.91. The molecule has 106 valence electrons. The molecule has 0 heterocycles. The number of hydrogen-bond acceptors (Lipinski definition) is 2. The Balaban J connectivity index is 2.10. The number of benzene rings is 2. The number of nitrogens with one attached hydrogen (secondary N) is 1. The van der Waals surface area contributed by atoms with Gasteiger partial charge in [0.05, 0.1) is 0 Å². The Bertz CT molecular complexity index is 681. The first kappa shape index (κ1) is 14.7. The van der Waals surface area contributed by atoms with E-state index in [1.54, 1.807) is 24.3 Å². The van der Waals surface area contributed by atoms with Crippen molar-refractivity contribution in [3.8, 4) is 18.1 Å². The molecule has 0 saturated carbocycles. The summed E-state index contributed by atoms with van der Waals surface area (Å²) < 4.78 is 5.28. The highest BCUT2D eigenvalue weighted by Crippen LogP contribution is 2.19. The first-order valence-corrected chi connectivity index (χ1v) is 6.65. The van der Waals surface area contributed by atoms with Gasteiger partial charge in [0.25, 0.3) is 5.91 Å². The van der Waals surface area contributed by atoms with Crippen LogP contribution in [0.5, 0.6) is 5.75 Å². The maximum Gasteiger partial charge on any atom is 0.255 e. The molecule has 2 rings (SSSR count). The summed E-state index contributed by atoms with van der Waals surface area (Å²) in [6.07, 6.45) is 5.13. The summed E-state index contributed by atoms with van der Waals surface area (Å²) in [5.41, 5.74) is 3.61. The molecule has 2 aromatic rings. The third kappa shape index (κ3) is 3.64. The molecule has 0 bridgehead atoms. The van der Waals surface area contributed by atoms with Crippen LogP contribution in [-0.4, -0.2) is 12.5 Å². The normalized spacial score (nSPS) is 9.76. The molecule has 0 aromatic heterocycles. The lowest BCUT2D eigenvalue weighted by Gasteiger charge is -2.10. The second-order valence-electron chi connectivity index (χ2n) is 4.72. The summed E-state index contributed by atoms with van der Waals surface area (Å²) in [6.45, 7) is 4.22. The molecular formula is C18H17NO2. The molecule has 1 amide bonds. The number of aryl methyl sites for hydroxylation is 1. The Hall–Kier alpha value is -2.73. The lowest BCUT2D eigenvalue weighted by Crippen LogP contribution is -2.13. The van der Waals surface area contributed by atoms with Gasteiger partial charge in [-0.25, -0.2) is 0 Å². The quantitative estimate of drug-likeness (QED) is 0.869. The van der Waals surface area contributed by atoms with E-state index in [1.807, 2.05) is 32.0 Å². The minimum atomic E-state index is -0.146. The number of carbonyl (C=O) groups excluding carboxylic acids is 1. The van der Waals surface area contributed by atoms with E-state index in [1.165, 1.54) is 0 Å². The monoisotopic (exact) mass is 279 g/mol. The molecule has 0 spiro atoms. The smallest absolute Gasteiger partial charge is 0.255 e. The van der Waals surface area contributed by atoms with Crippen molar-refractivity contribution < 1.29 is 9.53 Å². The SMILES string of the molecule is C#CCOc1ccc(C(=O)Nc2cccc(C)c2C)cc1. The van der Waals surface area contributed by atoms with Crippen LogP contribution in [0.4, 0.5) is 5.69 Å². The van der Waals surface area contributed by atoms with Crippen molar-refractivity contribution in [2.45, 2.75) is 13.8 Å². The Labute approximate surface area is 125 Å². The largest absolute Gasteiger partial charge is 0.481 e. The molecule has 2 aromatic carbocycles. The van der Waals surface area contributed by atoms with Crippen molar-refractivity contribution in [2.75, 3.05) is 11.9 Å². The summed E-state index contributed by atoms with van der Waals surface area (Å²) >= 11 is 0. The fraction of sp³-hybridized carbons (Fsp3) is 0.167. The Kier molecular flexibility index (Phi) is 4.63. The van der Waals surface area contributed by atoms with E-state index >= 15 is 0 Å². The number of rotatable bonds is 4. The second-order valence-corrected chi connectivity index (χ2v) is 4.72. The number of amides is 1. The molecule has 0 aliphatic heterocycles. The van der Waals surface area contributed by atoms with Crippen LogP contribution in [-0.2, 0) is 0 Å². The van der Waals surface area contributed by atoms with Gasteiger partial charge in [-0.15, -0.1) is 6.42 Å². The molecule has 0 unspecified atom stereocenters. The van der Waals surface area contributed by atoms with Crippen LogP contribution in [0.15, 0.2) is 42.5 Å². The van der Waals surface area contributed by atoms with Gasteiger partial charge in [-0.3, -0.25) is 4.79 Å². The molecule has 0 atom stereocenters. The highest BCUT2D eigenvalue weighted by Gasteiger charge is 2.08.